The second kappa shape index (κ2) is 8.54. The molecule has 0 saturated carbocycles. The lowest BCUT2D eigenvalue weighted by molar-refractivity contribution is 0.0580. The summed E-state index contributed by atoms with van der Waals surface area (Å²) in [6, 6.07) is 0. The lowest BCUT2D eigenvalue weighted by Gasteiger charge is -2.24. The van der Waals surface area contributed by atoms with Gasteiger partial charge in [-0.25, -0.2) is 0 Å². The Labute approximate surface area is 101 Å². The molecule has 2 heteroatoms. The average Bonchev–Trinajstić information content (AvgIpc) is 2.08. The van der Waals surface area contributed by atoms with Crippen LogP contribution in [0.3, 0.4) is 0 Å². The van der Waals surface area contributed by atoms with Crippen LogP contribution in [0, 0.1) is 5.92 Å². The molecule has 0 heterocycles. The molecule has 0 spiro atoms. The third-order valence-electron chi connectivity index (χ3n) is 2.49. The van der Waals surface area contributed by atoms with Gasteiger partial charge in [0.15, 0.2) is 0 Å². The molecule has 0 amide bonds. The number of rotatable bonds is 7. The van der Waals surface area contributed by atoms with Crippen LogP contribution in [0.15, 0.2) is 24.3 Å². The van der Waals surface area contributed by atoms with Crippen LogP contribution >= 0.6 is 0 Å². The molecule has 4 N–H and O–H groups in total. The fraction of sp³-hybridized carbons (Fsp3) is 0.714. The maximum absolute atomic E-state index is 9.77. The topological polar surface area (TPSA) is 55.2 Å². The molecule has 0 radical (unpaired) electrons. The van der Waals surface area contributed by atoms with E-state index in [0.29, 0.717) is 5.92 Å². The Morgan fingerprint density at radius 3 is 2.31 bits per heavy atom. The highest BCUT2D eigenvalue weighted by Gasteiger charge is 2.19. The van der Waals surface area contributed by atoms with Gasteiger partial charge in [0.05, 0.1) is 5.60 Å². The molecule has 2 nitrogen and oxygen atoms in total. The van der Waals surface area contributed by atoms with Gasteiger partial charge in [0.2, 0.25) is 0 Å². The van der Waals surface area contributed by atoms with E-state index >= 15 is 0 Å². The molecular formula is C14H29NO. The van der Waals surface area contributed by atoms with Crippen molar-refractivity contribution in [3.05, 3.63) is 24.3 Å². The first kappa shape index (κ1) is 17.8. The van der Waals surface area contributed by atoms with E-state index in [0.717, 1.165) is 19.3 Å². The van der Waals surface area contributed by atoms with Gasteiger partial charge in [-0.05, 0) is 46.0 Å². The molecular weight excluding hydrogens is 198 g/mol. The largest absolute Gasteiger partial charge is 0.390 e. The van der Waals surface area contributed by atoms with Crippen molar-refractivity contribution in [1.82, 2.24) is 6.15 Å². The van der Waals surface area contributed by atoms with Crippen LogP contribution in [0.5, 0.6) is 0 Å². The SMILES string of the molecule is C=C(C)C(C/C=C/CCC)CC(C)(C)O.N. The molecule has 0 aromatic carbocycles. The molecule has 0 aromatic rings. The Morgan fingerprint density at radius 2 is 1.94 bits per heavy atom. The summed E-state index contributed by atoms with van der Waals surface area (Å²) in [5.74, 6) is 0.401. The minimum absolute atomic E-state index is 0. The van der Waals surface area contributed by atoms with Crippen LogP contribution in [0.25, 0.3) is 0 Å². The highest BCUT2D eigenvalue weighted by molar-refractivity contribution is 5.01. The Morgan fingerprint density at radius 1 is 1.38 bits per heavy atom. The van der Waals surface area contributed by atoms with Crippen molar-refractivity contribution in [3.63, 3.8) is 0 Å². The summed E-state index contributed by atoms with van der Waals surface area (Å²) in [6.07, 6.45) is 8.57. The van der Waals surface area contributed by atoms with Crippen LogP contribution in [-0.4, -0.2) is 10.7 Å². The van der Waals surface area contributed by atoms with E-state index < -0.39 is 5.60 Å². The fourth-order valence-corrected chi connectivity index (χ4v) is 1.61. The minimum Gasteiger partial charge on any atom is -0.390 e. The van der Waals surface area contributed by atoms with Crippen molar-refractivity contribution < 1.29 is 5.11 Å². The second-order valence-corrected chi connectivity index (χ2v) is 5.06. The van der Waals surface area contributed by atoms with Gasteiger partial charge in [0.1, 0.15) is 0 Å². The van der Waals surface area contributed by atoms with Gasteiger partial charge in [0, 0.05) is 0 Å². The normalized spacial score (nSPS) is 13.6. The van der Waals surface area contributed by atoms with Crippen LogP contribution in [0.4, 0.5) is 0 Å². The van der Waals surface area contributed by atoms with Gasteiger partial charge in [-0.2, -0.15) is 0 Å². The van der Waals surface area contributed by atoms with Crippen molar-refractivity contribution in [3.8, 4) is 0 Å². The zero-order valence-corrected chi connectivity index (χ0v) is 11.4. The zero-order valence-electron chi connectivity index (χ0n) is 11.4. The van der Waals surface area contributed by atoms with Crippen LogP contribution in [-0.2, 0) is 0 Å². The van der Waals surface area contributed by atoms with Gasteiger partial charge >= 0.3 is 0 Å². The van der Waals surface area contributed by atoms with E-state index in [9.17, 15) is 5.11 Å². The van der Waals surface area contributed by atoms with Crippen LogP contribution in [0.1, 0.15) is 53.4 Å². The lowest BCUT2D eigenvalue weighted by Crippen LogP contribution is -2.23. The standard InChI is InChI=1S/C14H26O.H3N/c1-6-7-8-9-10-13(12(2)3)11-14(4,5)15;/h8-9,13,15H,2,6-7,10-11H2,1,3-5H3;1H3/b9-8+;. The highest BCUT2D eigenvalue weighted by Crippen LogP contribution is 2.25. The molecule has 0 aliphatic carbocycles. The van der Waals surface area contributed by atoms with Gasteiger partial charge in [-0.15, -0.1) is 0 Å². The molecule has 0 aliphatic heterocycles. The highest BCUT2D eigenvalue weighted by atomic mass is 16.3. The van der Waals surface area contributed by atoms with Crippen molar-refractivity contribution in [1.29, 1.82) is 0 Å². The molecule has 0 rings (SSSR count). The quantitative estimate of drug-likeness (QED) is 0.639. The van der Waals surface area contributed by atoms with Gasteiger partial charge in [-0.1, -0.05) is 37.6 Å². The second-order valence-electron chi connectivity index (χ2n) is 5.06. The van der Waals surface area contributed by atoms with E-state index in [4.69, 9.17) is 0 Å². The first-order valence-corrected chi connectivity index (χ1v) is 5.89. The Hall–Kier alpha value is -0.600. The molecule has 1 unspecified atom stereocenters. The van der Waals surface area contributed by atoms with Crippen molar-refractivity contribution in [2.75, 3.05) is 0 Å². The van der Waals surface area contributed by atoms with Gasteiger partial charge in [0.25, 0.3) is 0 Å². The van der Waals surface area contributed by atoms with Crippen molar-refractivity contribution >= 4 is 0 Å². The van der Waals surface area contributed by atoms with E-state index in [1.165, 1.54) is 12.0 Å². The van der Waals surface area contributed by atoms with Crippen molar-refractivity contribution in [2.24, 2.45) is 5.92 Å². The summed E-state index contributed by atoms with van der Waals surface area (Å²) < 4.78 is 0. The Kier molecular flexibility index (Phi) is 9.49. The number of allylic oxidation sites excluding steroid dienone is 3. The monoisotopic (exact) mass is 227 g/mol. The van der Waals surface area contributed by atoms with Crippen LogP contribution < -0.4 is 6.15 Å². The van der Waals surface area contributed by atoms with E-state index in [2.05, 4.69) is 25.7 Å². The summed E-state index contributed by atoms with van der Waals surface area (Å²) in [4.78, 5) is 0. The summed E-state index contributed by atoms with van der Waals surface area (Å²) in [5.41, 5.74) is 0.570. The number of hydrogen-bond donors (Lipinski definition) is 2. The molecule has 16 heavy (non-hydrogen) atoms. The van der Waals surface area contributed by atoms with E-state index in [1.54, 1.807) is 0 Å². The number of hydrogen-bond acceptors (Lipinski definition) is 2. The van der Waals surface area contributed by atoms with Crippen LogP contribution in [0.2, 0.25) is 0 Å². The summed E-state index contributed by atoms with van der Waals surface area (Å²) in [7, 11) is 0. The first-order valence-electron chi connectivity index (χ1n) is 5.89. The fourth-order valence-electron chi connectivity index (χ4n) is 1.61. The Balaban J connectivity index is 0. The van der Waals surface area contributed by atoms with Crippen molar-refractivity contribution in [2.45, 2.75) is 59.0 Å². The predicted molar refractivity (Wildman–Crippen MR) is 72.9 cm³/mol. The van der Waals surface area contributed by atoms with Gasteiger partial charge < -0.3 is 11.3 Å². The molecule has 1 atom stereocenters. The number of aliphatic hydroxyl groups is 1. The minimum atomic E-state index is -0.595. The third-order valence-corrected chi connectivity index (χ3v) is 2.49. The average molecular weight is 227 g/mol. The van der Waals surface area contributed by atoms with E-state index in [1.807, 2.05) is 20.8 Å². The lowest BCUT2D eigenvalue weighted by atomic mass is 9.86. The van der Waals surface area contributed by atoms with Gasteiger partial charge in [-0.3, -0.25) is 0 Å². The predicted octanol–water partition coefficient (Wildman–Crippen LogP) is 4.25. The molecule has 0 aliphatic rings. The maximum atomic E-state index is 9.77. The molecule has 0 aromatic heterocycles. The maximum Gasteiger partial charge on any atom is 0.0597 e. The summed E-state index contributed by atoms with van der Waals surface area (Å²) in [6.45, 7) is 11.9. The summed E-state index contributed by atoms with van der Waals surface area (Å²) >= 11 is 0. The zero-order chi connectivity index (χ0) is 11.9. The number of unbranched alkanes of at least 4 members (excludes halogenated alkanes) is 1. The van der Waals surface area contributed by atoms with E-state index in [-0.39, 0.29) is 6.15 Å². The summed E-state index contributed by atoms with van der Waals surface area (Å²) in [5, 5.41) is 9.77. The Bertz CT molecular complexity index is 213. The third kappa shape index (κ3) is 9.94. The first-order chi connectivity index (χ1) is 6.87. The molecule has 0 saturated heterocycles. The molecule has 0 fully saturated rings. The smallest absolute Gasteiger partial charge is 0.0597 e. The molecule has 96 valence electrons. The molecule has 0 bridgehead atoms.